The average molecular weight is 384 g/mol. The Labute approximate surface area is 163 Å². The molecule has 2 aromatic carbocycles. The van der Waals surface area contributed by atoms with Crippen molar-refractivity contribution in [3.8, 4) is 22.8 Å². The van der Waals surface area contributed by atoms with Crippen LogP contribution < -0.4 is 10.2 Å². The Morgan fingerprint density at radius 2 is 1.64 bits per heavy atom. The molecule has 0 aliphatic rings. The SMILES string of the molecule is CCOCc1c(OC)c(COCC)c2oc(-c3ccccc3)cc(=O)c2c1O. The van der Waals surface area contributed by atoms with Crippen molar-refractivity contribution >= 4 is 11.0 Å². The molecule has 0 amide bonds. The maximum Gasteiger partial charge on any atom is 0.197 e. The summed E-state index contributed by atoms with van der Waals surface area (Å²) in [6.45, 7) is 4.96. The molecule has 0 spiro atoms. The lowest BCUT2D eigenvalue weighted by Gasteiger charge is -2.18. The highest BCUT2D eigenvalue weighted by atomic mass is 16.5. The number of fused-ring (bicyclic) bond motifs is 1. The standard InChI is InChI=1S/C22H24O6/c1-4-26-12-15-20(24)19-17(23)11-18(14-9-7-6-8-10-14)28-22(19)16(13-27-5-2)21(15)25-3/h6-11,24H,4-5,12-13H2,1-3H3. The van der Waals surface area contributed by atoms with Crippen molar-refractivity contribution in [3.05, 3.63) is 57.7 Å². The lowest BCUT2D eigenvalue weighted by atomic mass is 10.0. The molecule has 0 saturated carbocycles. The summed E-state index contributed by atoms with van der Waals surface area (Å²) in [4.78, 5) is 12.9. The van der Waals surface area contributed by atoms with Crippen molar-refractivity contribution in [2.75, 3.05) is 20.3 Å². The summed E-state index contributed by atoms with van der Waals surface area (Å²) >= 11 is 0. The fourth-order valence-electron chi connectivity index (χ4n) is 3.14. The monoisotopic (exact) mass is 384 g/mol. The Morgan fingerprint density at radius 3 is 2.25 bits per heavy atom. The second-order valence-electron chi connectivity index (χ2n) is 6.16. The Morgan fingerprint density at radius 1 is 1.00 bits per heavy atom. The zero-order chi connectivity index (χ0) is 20.1. The molecule has 0 atom stereocenters. The number of hydrogen-bond acceptors (Lipinski definition) is 6. The summed E-state index contributed by atoms with van der Waals surface area (Å²) < 4.78 is 22.7. The molecule has 3 aromatic rings. The third kappa shape index (κ3) is 3.74. The Balaban J connectivity index is 2.34. The van der Waals surface area contributed by atoms with E-state index in [9.17, 15) is 9.90 Å². The van der Waals surface area contributed by atoms with Crippen LogP contribution in [-0.4, -0.2) is 25.4 Å². The molecule has 6 heteroatoms. The van der Waals surface area contributed by atoms with E-state index in [1.807, 2.05) is 44.2 Å². The van der Waals surface area contributed by atoms with Crippen molar-refractivity contribution in [1.82, 2.24) is 0 Å². The van der Waals surface area contributed by atoms with Crippen molar-refractivity contribution in [2.24, 2.45) is 0 Å². The first-order valence-corrected chi connectivity index (χ1v) is 9.21. The third-order valence-corrected chi connectivity index (χ3v) is 4.46. The first-order chi connectivity index (χ1) is 13.6. The molecule has 148 valence electrons. The van der Waals surface area contributed by atoms with E-state index in [0.29, 0.717) is 35.9 Å². The molecule has 0 aliphatic heterocycles. The van der Waals surface area contributed by atoms with Crippen molar-refractivity contribution in [1.29, 1.82) is 0 Å². The van der Waals surface area contributed by atoms with Crippen LogP contribution in [0, 0.1) is 0 Å². The normalized spacial score (nSPS) is 11.1. The zero-order valence-electron chi connectivity index (χ0n) is 16.3. The van der Waals surface area contributed by atoms with Crippen LogP contribution in [0.25, 0.3) is 22.3 Å². The van der Waals surface area contributed by atoms with Gasteiger partial charge in [-0.15, -0.1) is 0 Å². The largest absolute Gasteiger partial charge is 0.507 e. The fourth-order valence-corrected chi connectivity index (χ4v) is 3.14. The van der Waals surface area contributed by atoms with Gasteiger partial charge in [0.25, 0.3) is 0 Å². The first kappa shape index (κ1) is 19.9. The Kier molecular flexibility index (Phi) is 6.34. The summed E-state index contributed by atoms with van der Waals surface area (Å²) in [5.41, 5.74) is 1.67. The number of ether oxygens (including phenoxy) is 3. The summed E-state index contributed by atoms with van der Waals surface area (Å²) in [6, 6.07) is 10.7. The van der Waals surface area contributed by atoms with E-state index in [4.69, 9.17) is 18.6 Å². The molecule has 28 heavy (non-hydrogen) atoms. The van der Waals surface area contributed by atoms with Crippen LogP contribution >= 0.6 is 0 Å². The van der Waals surface area contributed by atoms with Gasteiger partial charge in [-0.1, -0.05) is 30.3 Å². The van der Waals surface area contributed by atoms with E-state index in [-0.39, 0.29) is 35.4 Å². The van der Waals surface area contributed by atoms with E-state index in [1.54, 1.807) is 0 Å². The predicted octanol–water partition coefficient (Wildman–Crippen LogP) is 4.25. The molecular weight excluding hydrogens is 360 g/mol. The molecule has 0 unspecified atom stereocenters. The van der Waals surface area contributed by atoms with Crippen LogP contribution in [0.4, 0.5) is 0 Å². The third-order valence-electron chi connectivity index (χ3n) is 4.46. The van der Waals surface area contributed by atoms with Crippen molar-refractivity contribution in [3.63, 3.8) is 0 Å². The first-order valence-electron chi connectivity index (χ1n) is 9.21. The van der Waals surface area contributed by atoms with Gasteiger partial charge in [-0.05, 0) is 13.8 Å². The highest BCUT2D eigenvalue weighted by Gasteiger charge is 2.24. The second-order valence-corrected chi connectivity index (χ2v) is 6.16. The molecule has 0 fully saturated rings. The minimum atomic E-state index is -0.337. The molecule has 1 heterocycles. The number of phenolic OH excluding ortho intramolecular Hbond substituents is 1. The van der Waals surface area contributed by atoms with E-state index in [2.05, 4.69) is 0 Å². The number of phenols is 1. The van der Waals surface area contributed by atoms with Crippen LogP contribution in [0.2, 0.25) is 0 Å². The van der Waals surface area contributed by atoms with E-state index in [0.717, 1.165) is 5.56 Å². The summed E-state index contributed by atoms with van der Waals surface area (Å²) in [5, 5.41) is 10.9. The number of hydrogen-bond donors (Lipinski definition) is 1. The molecule has 0 aliphatic carbocycles. The zero-order valence-corrected chi connectivity index (χ0v) is 16.3. The van der Waals surface area contributed by atoms with Crippen LogP contribution in [0.3, 0.4) is 0 Å². The van der Waals surface area contributed by atoms with E-state index >= 15 is 0 Å². The van der Waals surface area contributed by atoms with Gasteiger partial charge in [0.15, 0.2) is 11.0 Å². The number of benzene rings is 2. The molecule has 0 saturated heterocycles. The molecular formula is C22H24O6. The second kappa shape index (κ2) is 8.91. The summed E-state index contributed by atoms with van der Waals surface area (Å²) in [7, 11) is 1.50. The Hall–Kier alpha value is -2.83. The van der Waals surface area contributed by atoms with Gasteiger partial charge in [-0.2, -0.15) is 0 Å². The predicted molar refractivity (Wildman–Crippen MR) is 107 cm³/mol. The van der Waals surface area contributed by atoms with Gasteiger partial charge in [-0.3, -0.25) is 4.79 Å². The van der Waals surface area contributed by atoms with E-state index in [1.165, 1.54) is 13.2 Å². The number of rotatable bonds is 8. The van der Waals surface area contributed by atoms with Gasteiger partial charge >= 0.3 is 0 Å². The average Bonchev–Trinajstić information content (AvgIpc) is 2.72. The maximum absolute atomic E-state index is 12.9. The van der Waals surface area contributed by atoms with Crippen LogP contribution in [0.5, 0.6) is 11.5 Å². The molecule has 6 nitrogen and oxygen atoms in total. The fraction of sp³-hybridized carbons (Fsp3) is 0.318. The molecule has 0 radical (unpaired) electrons. The van der Waals surface area contributed by atoms with Gasteiger partial charge in [0.2, 0.25) is 0 Å². The van der Waals surface area contributed by atoms with Crippen LogP contribution in [-0.2, 0) is 22.7 Å². The summed E-state index contributed by atoms with van der Waals surface area (Å²) in [5.74, 6) is 0.629. The van der Waals surface area contributed by atoms with Gasteiger partial charge in [0, 0.05) is 24.8 Å². The van der Waals surface area contributed by atoms with E-state index < -0.39 is 0 Å². The van der Waals surface area contributed by atoms with Crippen LogP contribution in [0.15, 0.2) is 45.6 Å². The highest BCUT2D eigenvalue weighted by Crippen LogP contribution is 2.41. The Bertz CT molecular complexity index is 1010. The van der Waals surface area contributed by atoms with Gasteiger partial charge < -0.3 is 23.7 Å². The minimum absolute atomic E-state index is 0.102. The lowest BCUT2D eigenvalue weighted by Crippen LogP contribution is -2.09. The molecule has 1 aromatic heterocycles. The lowest BCUT2D eigenvalue weighted by molar-refractivity contribution is 0.124. The summed E-state index contributed by atoms with van der Waals surface area (Å²) in [6.07, 6.45) is 0. The van der Waals surface area contributed by atoms with Crippen molar-refractivity contribution < 1.29 is 23.7 Å². The number of methoxy groups -OCH3 is 1. The van der Waals surface area contributed by atoms with Crippen LogP contribution in [0.1, 0.15) is 25.0 Å². The molecule has 0 bridgehead atoms. The smallest absolute Gasteiger partial charge is 0.197 e. The maximum atomic E-state index is 12.9. The molecule has 3 rings (SSSR count). The van der Waals surface area contributed by atoms with Gasteiger partial charge in [0.1, 0.15) is 22.6 Å². The quantitative estimate of drug-likeness (QED) is 0.626. The van der Waals surface area contributed by atoms with Gasteiger partial charge in [0.05, 0.1) is 31.5 Å². The molecule has 1 N–H and O–H groups in total. The minimum Gasteiger partial charge on any atom is -0.507 e. The van der Waals surface area contributed by atoms with Crippen molar-refractivity contribution in [2.45, 2.75) is 27.1 Å². The topological polar surface area (TPSA) is 78.1 Å². The highest BCUT2D eigenvalue weighted by molar-refractivity contribution is 5.91. The van der Waals surface area contributed by atoms with Gasteiger partial charge in [-0.25, -0.2) is 0 Å². The number of aromatic hydroxyl groups is 1.